The number of ketones is 1. The highest BCUT2D eigenvalue weighted by atomic mass is 16.5. The van der Waals surface area contributed by atoms with Crippen LogP contribution in [0.25, 0.3) is 0 Å². The number of carbonyl (C=O) groups is 3. The summed E-state index contributed by atoms with van der Waals surface area (Å²) in [6.45, 7) is 3.62. The van der Waals surface area contributed by atoms with Crippen molar-refractivity contribution < 1.29 is 19.1 Å². The van der Waals surface area contributed by atoms with Crippen LogP contribution in [0.4, 0.5) is 0 Å². The van der Waals surface area contributed by atoms with E-state index in [0.717, 1.165) is 12.8 Å². The lowest BCUT2D eigenvalue weighted by atomic mass is 10.0. The van der Waals surface area contributed by atoms with Crippen molar-refractivity contribution in [1.29, 1.82) is 0 Å². The molecule has 6 nitrogen and oxygen atoms in total. The van der Waals surface area contributed by atoms with Gasteiger partial charge in [0, 0.05) is 12.0 Å². The third-order valence-electron chi connectivity index (χ3n) is 3.48. The highest BCUT2D eigenvalue weighted by Crippen LogP contribution is 2.12. The lowest BCUT2D eigenvalue weighted by Gasteiger charge is -2.18. The number of hydrazine groups is 1. The molecule has 0 aliphatic carbocycles. The van der Waals surface area contributed by atoms with Crippen LogP contribution in [-0.4, -0.2) is 23.8 Å². The average Bonchev–Trinajstić information content (AvgIpc) is 2.55. The zero-order valence-corrected chi connectivity index (χ0v) is 13.2. The van der Waals surface area contributed by atoms with Crippen LogP contribution in [0.15, 0.2) is 36.0 Å². The average molecular weight is 316 g/mol. The predicted molar refractivity (Wildman–Crippen MR) is 84.3 cm³/mol. The number of hydrogen-bond donors (Lipinski definition) is 2. The molecular weight excluding hydrogens is 296 g/mol. The Morgan fingerprint density at radius 1 is 1.22 bits per heavy atom. The van der Waals surface area contributed by atoms with Crippen molar-refractivity contribution in [3.63, 3.8) is 0 Å². The van der Waals surface area contributed by atoms with Gasteiger partial charge in [-0.1, -0.05) is 37.6 Å². The van der Waals surface area contributed by atoms with Crippen LogP contribution in [0.5, 0.6) is 0 Å². The van der Waals surface area contributed by atoms with Crippen molar-refractivity contribution in [2.75, 3.05) is 0 Å². The molecule has 6 heteroatoms. The molecule has 0 unspecified atom stereocenters. The maximum Gasteiger partial charge on any atom is 0.356 e. The lowest BCUT2D eigenvalue weighted by Crippen LogP contribution is -2.43. The van der Waals surface area contributed by atoms with Gasteiger partial charge < -0.3 is 4.74 Å². The molecule has 1 aliphatic rings. The maximum absolute atomic E-state index is 12.3. The third kappa shape index (κ3) is 4.42. The number of hydrogen-bond acceptors (Lipinski definition) is 5. The van der Waals surface area contributed by atoms with Crippen molar-refractivity contribution in [1.82, 2.24) is 10.9 Å². The minimum atomic E-state index is -0.903. The third-order valence-corrected chi connectivity index (χ3v) is 3.48. The van der Waals surface area contributed by atoms with Gasteiger partial charge in [0.1, 0.15) is 5.70 Å². The molecule has 122 valence electrons. The molecule has 2 rings (SSSR count). The van der Waals surface area contributed by atoms with Gasteiger partial charge in [0.2, 0.25) is 11.7 Å². The second-order valence-corrected chi connectivity index (χ2v) is 5.35. The van der Waals surface area contributed by atoms with Crippen LogP contribution in [-0.2, 0) is 20.7 Å². The molecule has 0 radical (unpaired) electrons. The molecule has 0 aromatic heterocycles. The molecule has 1 aliphatic heterocycles. The first-order valence-electron chi connectivity index (χ1n) is 7.60. The smallest absolute Gasteiger partial charge is 0.356 e. The monoisotopic (exact) mass is 316 g/mol. The molecule has 1 atom stereocenters. The van der Waals surface area contributed by atoms with Crippen molar-refractivity contribution in [3.8, 4) is 0 Å². The number of aryl methyl sites for hydroxylation is 1. The van der Waals surface area contributed by atoms with Crippen LogP contribution in [0, 0.1) is 0 Å². The van der Waals surface area contributed by atoms with E-state index in [2.05, 4.69) is 17.8 Å². The van der Waals surface area contributed by atoms with E-state index in [4.69, 9.17) is 4.74 Å². The normalized spacial score (nSPS) is 15.0. The van der Waals surface area contributed by atoms with Gasteiger partial charge in [0.05, 0.1) is 0 Å². The van der Waals surface area contributed by atoms with E-state index in [0.29, 0.717) is 5.56 Å². The topological polar surface area (TPSA) is 84.5 Å². The summed E-state index contributed by atoms with van der Waals surface area (Å²) in [6, 6.07) is 7.31. The summed E-state index contributed by atoms with van der Waals surface area (Å²) in [5.41, 5.74) is 6.57. The summed E-state index contributed by atoms with van der Waals surface area (Å²) in [5.74, 6) is -1.17. The van der Waals surface area contributed by atoms with Gasteiger partial charge >= 0.3 is 5.97 Å². The SMILES string of the molecule is CCCc1ccc(C(=O)[C@@H](C)OC(=O)C2=CCC(=O)NN2)cc1. The van der Waals surface area contributed by atoms with E-state index in [9.17, 15) is 14.4 Å². The van der Waals surface area contributed by atoms with Crippen LogP contribution < -0.4 is 10.9 Å². The number of benzene rings is 1. The number of Topliss-reactive ketones (excluding diaryl/α,β-unsaturated/α-hetero) is 1. The van der Waals surface area contributed by atoms with Gasteiger partial charge in [-0.15, -0.1) is 0 Å². The fraction of sp³-hybridized carbons (Fsp3) is 0.353. The minimum Gasteiger partial charge on any atom is -0.450 e. The quantitative estimate of drug-likeness (QED) is 0.616. The molecule has 0 fully saturated rings. The number of esters is 1. The van der Waals surface area contributed by atoms with E-state index >= 15 is 0 Å². The Morgan fingerprint density at radius 2 is 1.91 bits per heavy atom. The first-order valence-corrected chi connectivity index (χ1v) is 7.60. The van der Waals surface area contributed by atoms with Crippen molar-refractivity contribution in [2.45, 2.75) is 39.2 Å². The van der Waals surface area contributed by atoms with E-state index in [1.165, 1.54) is 18.6 Å². The van der Waals surface area contributed by atoms with Crippen molar-refractivity contribution in [2.24, 2.45) is 0 Å². The van der Waals surface area contributed by atoms with Gasteiger partial charge in [-0.05, 0) is 25.0 Å². The Balaban J connectivity index is 1.96. The molecule has 23 heavy (non-hydrogen) atoms. The van der Waals surface area contributed by atoms with Crippen LogP contribution in [0.3, 0.4) is 0 Å². The number of nitrogens with one attached hydrogen (secondary N) is 2. The highest BCUT2D eigenvalue weighted by molar-refractivity contribution is 6.01. The molecule has 0 saturated carbocycles. The van der Waals surface area contributed by atoms with Crippen LogP contribution in [0.1, 0.15) is 42.6 Å². The van der Waals surface area contributed by atoms with E-state index in [-0.39, 0.29) is 23.8 Å². The van der Waals surface area contributed by atoms with Crippen LogP contribution in [0.2, 0.25) is 0 Å². The van der Waals surface area contributed by atoms with Gasteiger partial charge in [-0.3, -0.25) is 20.4 Å². The van der Waals surface area contributed by atoms with E-state index in [1.54, 1.807) is 12.1 Å². The predicted octanol–water partition coefficient (Wildman–Crippen LogP) is 1.66. The zero-order chi connectivity index (χ0) is 16.8. The number of amides is 1. The second-order valence-electron chi connectivity index (χ2n) is 5.35. The summed E-state index contributed by atoms with van der Waals surface area (Å²) >= 11 is 0. The van der Waals surface area contributed by atoms with Crippen molar-refractivity contribution >= 4 is 17.7 Å². The number of ether oxygens (including phenoxy) is 1. The molecular formula is C17H20N2O4. The summed E-state index contributed by atoms with van der Waals surface area (Å²) in [4.78, 5) is 35.2. The van der Waals surface area contributed by atoms with Gasteiger partial charge in [-0.25, -0.2) is 4.79 Å². The Hall–Kier alpha value is -2.63. The largest absolute Gasteiger partial charge is 0.450 e. The summed E-state index contributed by atoms with van der Waals surface area (Å²) in [6.07, 6.45) is 2.63. The van der Waals surface area contributed by atoms with E-state index in [1.807, 2.05) is 12.1 Å². The lowest BCUT2D eigenvalue weighted by molar-refractivity contribution is -0.142. The Morgan fingerprint density at radius 3 is 2.48 bits per heavy atom. The Labute approximate surface area is 134 Å². The molecule has 1 amide bonds. The first-order chi connectivity index (χ1) is 11.0. The molecule has 0 spiro atoms. The molecule has 1 aromatic carbocycles. The molecule has 1 heterocycles. The Kier molecular flexibility index (Phi) is 5.51. The molecule has 2 N–H and O–H groups in total. The maximum atomic E-state index is 12.3. The number of rotatable bonds is 6. The minimum absolute atomic E-state index is 0.0959. The van der Waals surface area contributed by atoms with Gasteiger partial charge in [0.15, 0.2) is 6.10 Å². The molecule has 0 bridgehead atoms. The summed E-state index contributed by atoms with van der Waals surface area (Å²) < 4.78 is 5.15. The highest BCUT2D eigenvalue weighted by Gasteiger charge is 2.23. The summed E-state index contributed by atoms with van der Waals surface area (Å²) in [7, 11) is 0. The Bertz CT molecular complexity index is 634. The molecule has 0 saturated heterocycles. The van der Waals surface area contributed by atoms with Gasteiger partial charge in [-0.2, -0.15) is 0 Å². The van der Waals surface area contributed by atoms with Gasteiger partial charge in [0.25, 0.3) is 0 Å². The fourth-order valence-corrected chi connectivity index (χ4v) is 2.20. The van der Waals surface area contributed by atoms with E-state index < -0.39 is 12.1 Å². The summed E-state index contributed by atoms with van der Waals surface area (Å²) in [5, 5.41) is 0. The molecule has 1 aromatic rings. The van der Waals surface area contributed by atoms with Crippen molar-refractivity contribution in [3.05, 3.63) is 47.2 Å². The second kappa shape index (κ2) is 7.58. The standard InChI is InChI=1S/C17H20N2O4/c1-3-4-12-5-7-13(8-6-12)16(21)11(2)23-17(22)14-9-10-15(20)19-18-14/h5-9,11,18H,3-4,10H2,1-2H3,(H,19,20)/t11-/m1/s1. The first kappa shape index (κ1) is 16.7. The van der Waals surface area contributed by atoms with Crippen LogP contribution >= 0.6 is 0 Å². The fourth-order valence-electron chi connectivity index (χ4n) is 2.20. The number of carbonyl (C=O) groups excluding carboxylic acids is 3. The zero-order valence-electron chi connectivity index (χ0n) is 13.2.